The van der Waals surface area contributed by atoms with Crippen LogP contribution in [0.2, 0.25) is 0 Å². The SMILES string of the molecule is S=c1[nH]ncn1/N=C(\[Se])c1ccccc1. The first-order valence-electron chi connectivity index (χ1n) is 4.21. The number of nitrogens with one attached hydrogen (secondary N) is 1. The van der Waals surface area contributed by atoms with Gasteiger partial charge in [0, 0.05) is 0 Å². The number of nitrogens with zero attached hydrogens (tertiary/aromatic N) is 3. The normalized spacial score (nSPS) is 11.6. The summed E-state index contributed by atoms with van der Waals surface area (Å²) in [5, 5.41) is 10.7. The van der Waals surface area contributed by atoms with E-state index in [2.05, 4.69) is 31.3 Å². The molecule has 0 aliphatic carbocycles. The molecular weight excluding hydrogens is 275 g/mol. The van der Waals surface area contributed by atoms with E-state index in [1.54, 1.807) is 0 Å². The van der Waals surface area contributed by atoms with Crippen LogP contribution in [0.15, 0.2) is 41.8 Å². The Bertz CT molecular complexity index is 528. The first-order valence-corrected chi connectivity index (χ1v) is 5.47. The van der Waals surface area contributed by atoms with E-state index < -0.39 is 0 Å². The van der Waals surface area contributed by atoms with Crippen LogP contribution in [0.5, 0.6) is 0 Å². The van der Waals surface area contributed by atoms with Crippen LogP contribution in [0.3, 0.4) is 0 Å². The molecule has 0 saturated carbocycles. The van der Waals surface area contributed by atoms with Gasteiger partial charge in [-0.2, -0.15) is 0 Å². The molecule has 0 aliphatic rings. The zero-order valence-electron chi connectivity index (χ0n) is 7.62. The molecule has 0 unspecified atom stereocenters. The summed E-state index contributed by atoms with van der Waals surface area (Å²) >= 11 is 7.88. The van der Waals surface area contributed by atoms with Gasteiger partial charge in [0.2, 0.25) is 0 Å². The van der Waals surface area contributed by atoms with Crippen molar-refractivity contribution in [2.45, 2.75) is 0 Å². The summed E-state index contributed by atoms with van der Waals surface area (Å²) in [7, 11) is 0. The molecule has 0 bridgehead atoms. The van der Waals surface area contributed by atoms with E-state index >= 15 is 0 Å². The van der Waals surface area contributed by atoms with Gasteiger partial charge in [0.05, 0.1) is 0 Å². The first-order chi connectivity index (χ1) is 7.27. The number of aromatic amines is 1. The summed E-state index contributed by atoms with van der Waals surface area (Å²) in [4.78, 5) is 0. The third kappa shape index (κ3) is 2.41. The molecule has 15 heavy (non-hydrogen) atoms. The van der Waals surface area contributed by atoms with Gasteiger partial charge in [0.25, 0.3) is 0 Å². The van der Waals surface area contributed by atoms with Crippen molar-refractivity contribution in [1.82, 2.24) is 14.9 Å². The molecule has 0 atom stereocenters. The molecule has 0 saturated heterocycles. The Kier molecular flexibility index (Phi) is 3.11. The van der Waals surface area contributed by atoms with Gasteiger partial charge in [-0.15, -0.1) is 0 Å². The fourth-order valence-corrected chi connectivity index (χ4v) is 1.66. The third-order valence-electron chi connectivity index (χ3n) is 1.75. The quantitative estimate of drug-likeness (QED) is 0.513. The summed E-state index contributed by atoms with van der Waals surface area (Å²) in [6, 6.07) is 9.81. The van der Waals surface area contributed by atoms with Crippen molar-refractivity contribution >= 4 is 32.8 Å². The van der Waals surface area contributed by atoms with Crippen LogP contribution >= 0.6 is 12.2 Å². The van der Waals surface area contributed by atoms with E-state index in [4.69, 9.17) is 12.2 Å². The predicted molar refractivity (Wildman–Crippen MR) is 61.5 cm³/mol. The van der Waals surface area contributed by atoms with Gasteiger partial charge in [0.1, 0.15) is 0 Å². The first kappa shape index (κ1) is 10.3. The van der Waals surface area contributed by atoms with Crippen LogP contribution in [0.4, 0.5) is 0 Å². The Morgan fingerprint density at radius 2 is 2.13 bits per heavy atom. The van der Waals surface area contributed by atoms with Crippen LogP contribution in [0, 0.1) is 4.77 Å². The van der Waals surface area contributed by atoms with Crippen LogP contribution in [-0.4, -0.2) is 35.5 Å². The van der Waals surface area contributed by atoms with Gasteiger partial charge in [0.15, 0.2) is 0 Å². The number of hydrogen-bond donors (Lipinski definition) is 1. The van der Waals surface area contributed by atoms with Gasteiger partial charge in [-0.3, -0.25) is 0 Å². The molecule has 0 aliphatic heterocycles. The van der Waals surface area contributed by atoms with Crippen molar-refractivity contribution in [3.63, 3.8) is 0 Å². The zero-order chi connectivity index (χ0) is 10.7. The predicted octanol–water partition coefficient (Wildman–Crippen LogP) is 1.32. The minimum absolute atomic E-state index is 0.471. The monoisotopic (exact) mass is 283 g/mol. The van der Waals surface area contributed by atoms with E-state index in [9.17, 15) is 0 Å². The molecule has 4 nitrogen and oxygen atoms in total. The molecule has 2 rings (SSSR count). The van der Waals surface area contributed by atoms with Crippen LogP contribution in [0.25, 0.3) is 0 Å². The van der Waals surface area contributed by atoms with Crippen molar-refractivity contribution in [3.8, 4) is 0 Å². The molecule has 75 valence electrons. The van der Waals surface area contributed by atoms with Gasteiger partial charge in [-0.05, 0) is 0 Å². The average Bonchev–Trinajstić information content (AvgIpc) is 2.66. The topological polar surface area (TPSA) is 46.0 Å². The van der Waals surface area contributed by atoms with Gasteiger partial charge < -0.3 is 0 Å². The summed E-state index contributed by atoms with van der Waals surface area (Å²) in [6.07, 6.45) is 1.53. The Labute approximate surface area is 99.8 Å². The number of H-pyrrole nitrogens is 1. The molecule has 1 heterocycles. The maximum absolute atomic E-state index is 4.98. The fraction of sp³-hybridized carbons (Fsp3) is 0. The molecule has 2 aromatic rings. The number of aromatic nitrogens is 3. The average molecular weight is 282 g/mol. The van der Waals surface area contributed by atoms with E-state index in [1.807, 2.05) is 30.3 Å². The van der Waals surface area contributed by atoms with Crippen molar-refractivity contribution in [2.75, 3.05) is 0 Å². The van der Waals surface area contributed by atoms with Crippen molar-refractivity contribution in [1.29, 1.82) is 0 Å². The molecular formula is C9H7N4SSe. The summed E-state index contributed by atoms with van der Waals surface area (Å²) in [6.45, 7) is 0. The molecule has 0 fully saturated rings. The van der Waals surface area contributed by atoms with Crippen LogP contribution < -0.4 is 0 Å². The number of hydrogen-bond acceptors (Lipinski definition) is 3. The number of rotatable bonds is 2. The van der Waals surface area contributed by atoms with Crippen LogP contribution in [-0.2, 0) is 0 Å². The summed E-state index contributed by atoms with van der Waals surface area (Å²) in [5.74, 6) is 0. The Morgan fingerprint density at radius 1 is 1.40 bits per heavy atom. The second-order valence-corrected chi connectivity index (χ2v) is 3.98. The molecule has 0 amide bonds. The van der Waals surface area contributed by atoms with Gasteiger partial charge in [-0.1, -0.05) is 0 Å². The third-order valence-corrected chi connectivity index (χ3v) is 2.70. The van der Waals surface area contributed by atoms with Crippen LogP contribution in [0.1, 0.15) is 5.56 Å². The second-order valence-electron chi connectivity index (χ2n) is 2.78. The second kappa shape index (κ2) is 4.53. The van der Waals surface area contributed by atoms with Crippen molar-refractivity contribution in [2.24, 2.45) is 5.10 Å². The molecule has 1 aromatic carbocycles. The maximum atomic E-state index is 4.98. The molecule has 1 radical (unpaired) electrons. The molecule has 0 spiro atoms. The summed E-state index contributed by atoms with van der Waals surface area (Å²) in [5.41, 5.74) is 1.01. The fourth-order valence-electron chi connectivity index (χ4n) is 1.05. The Balaban J connectivity index is 2.37. The summed E-state index contributed by atoms with van der Waals surface area (Å²) < 4.78 is 2.75. The molecule has 6 heteroatoms. The van der Waals surface area contributed by atoms with E-state index in [-0.39, 0.29) is 0 Å². The van der Waals surface area contributed by atoms with Crippen molar-refractivity contribution in [3.05, 3.63) is 47.0 Å². The van der Waals surface area contributed by atoms with Crippen molar-refractivity contribution < 1.29 is 0 Å². The Morgan fingerprint density at radius 3 is 2.73 bits per heavy atom. The standard InChI is InChI=1S/C9H7N4SSe/c14-9-11-10-6-13(9)12-8(15)7-4-2-1-3-5-7/h1-6H,(H,11,14)/b12-8-. The molecule has 1 N–H and O–H groups in total. The van der Waals surface area contributed by atoms with E-state index in [0.717, 1.165) is 10.2 Å². The van der Waals surface area contributed by atoms with Gasteiger partial charge >= 0.3 is 99.8 Å². The minimum atomic E-state index is 0.471. The number of benzene rings is 1. The molecule has 1 aromatic heterocycles. The Hall–Kier alpha value is -1.23. The van der Waals surface area contributed by atoms with E-state index in [0.29, 0.717) is 4.77 Å². The zero-order valence-corrected chi connectivity index (χ0v) is 10.2. The van der Waals surface area contributed by atoms with Gasteiger partial charge in [-0.25, -0.2) is 0 Å². The van der Waals surface area contributed by atoms with E-state index in [1.165, 1.54) is 11.0 Å².